The second-order valence-electron chi connectivity index (χ2n) is 3.49. The van der Waals surface area contributed by atoms with Crippen molar-refractivity contribution in [1.82, 2.24) is 0 Å². The average molecular weight is 287 g/mol. The van der Waals surface area contributed by atoms with Crippen LogP contribution in [0.1, 0.15) is 12.8 Å². The van der Waals surface area contributed by atoms with Crippen molar-refractivity contribution >= 4 is 21.4 Å². The van der Waals surface area contributed by atoms with Crippen LogP contribution in [0.5, 0.6) is 0 Å². The molecule has 17 heavy (non-hydrogen) atoms. The number of hydrogen-bond acceptors (Lipinski definition) is 2. The number of sulfone groups is 1. The third-order valence-corrected chi connectivity index (χ3v) is 4.11. The Balaban J connectivity index is 2.66. The van der Waals surface area contributed by atoms with Crippen LogP contribution in [0.4, 0.5) is 13.2 Å². The minimum Gasteiger partial charge on any atom is -0.224 e. The Morgan fingerprint density at radius 3 is 2.12 bits per heavy atom. The van der Waals surface area contributed by atoms with Gasteiger partial charge in [0.15, 0.2) is 9.84 Å². The summed E-state index contributed by atoms with van der Waals surface area (Å²) in [5.41, 5.74) is 0. The van der Waals surface area contributed by atoms with E-state index in [0.717, 1.165) is 0 Å². The van der Waals surface area contributed by atoms with Crippen molar-refractivity contribution in [2.24, 2.45) is 0 Å². The number of benzene rings is 1. The van der Waals surface area contributed by atoms with Crippen molar-refractivity contribution in [2.75, 3.05) is 5.75 Å². The van der Waals surface area contributed by atoms with Gasteiger partial charge in [-0.25, -0.2) is 8.42 Å². The molecular weight excluding hydrogens is 277 g/mol. The zero-order valence-electron chi connectivity index (χ0n) is 8.67. The zero-order valence-corrected chi connectivity index (χ0v) is 10.2. The topological polar surface area (TPSA) is 34.1 Å². The lowest BCUT2D eigenvalue weighted by Crippen LogP contribution is -2.12. The van der Waals surface area contributed by atoms with Gasteiger partial charge in [-0.3, -0.25) is 0 Å². The quantitative estimate of drug-likeness (QED) is 0.849. The molecule has 0 aliphatic rings. The highest BCUT2D eigenvalue weighted by atomic mass is 35.5. The van der Waals surface area contributed by atoms with Crippen LogP contribution in [-0.2, 0) is 9.84 Å². The smallest absolute Gasteiger partial charge is 0.224 e. The predicted octanol–water partition coefficient (Wildman–Crippen LogP) is 3.46. The summed E-state index contributed by atoms with van der Waals surface area (Å²) in [5.74, 6) is -0.520. The maximum absolute atomic E-state index is 11.9. The predicted molar refractivity (Wildman–Crippen MR) is 58.8 cm³/mol. The van der Waals surface area contributed by atoms with Crippen LogP contribution < -0.4 is 0 Å². The molecule has 0 saturated carbocycles. The molecule has 0 bridgehead atoms. The van der Waals surface area contributed by atoms with Gasteiger partial charge in [-0.05, 0) is 30.7 Å². The Labute approximate surface area is 102 Å². The highest BCUT2D eigenvalue weighted by Crippen LogP contribution is 2.23. The van der Waals surface area contributed by atoms with Gasteiger partial charge in [-0.1, -0.05) is 11.6 Å². The normalized spacial score (nSPS) is 12.7. The SMILES string of the molecule is O=S(=O)(CCCC(F)(F)F)c1ccc(Cl)cc1. The molecule has 7 heteroatoms. The van der Waals surface area contributed by atoms with Gasteiger partial charge >= 0.3 is 6.18 Å². The molecule has 2 nitrogen and oxygen atoms in total. The Kier molecular flexibility index (Phi) is 4.43. The van der Waals surface area contributed by atoms with Crippen molar-refractivity contribution in [2.45, 2.75) is 23.9 Å². The fourth-order valence-electron chi connectivity index (χ4n) is 1.22. The summed E-state index contributed by atoms with van der Waals surface area (Å²) in [5, 5.41) is 0.374. The van der Waals surface area contributed by atoms with E-state index < -0.39 is 34.6 Å². The van der Waals surface area contributed by atoms with E-state index in [4.69, 9.17) is 11.6 Å². The summed E-state index contributed by atoms with van der Waals surface area (Å²) in [6, 6.07) is 5.34. The second-order valence-corrected chi connectivity index (χ2v) is 6.04. The van der Waals surface area contributed by atoms with E-state index in [0.29, 0.717) is 5.02 Å². The van der Waals surface area contributed by atoms with Gasteiger partial charge in [0, 0.05) is 11.4 Å². The first-order valence-corrected chi connectivity index (χ1v) is 6.79. The lowest BCUT2D eigenvalue weighted by molar-refractivity contribution is -0.134. The van der Waals surface area contributed by atoms with Crippen LogP contribution in [0.3, 0.4) is 0 Å². The van der Waals surface area contributed by atoms with Gasteiger partial charge in [0.2, 0.25) is 0 Å². The minimum atomic E-state index is -4.32. The van der Waals surface area contributed by atoms with Crippen LogP contribution in [0, 0.1) is 0 Å². The van der Waals surface area contributed by atoms with Gasteiger partial charge in [-0.15, -0.1) is 0 Å². The Hall–Kier alpha value is -0.750. The Morgan fingerprint density at radius 2 is 1.65 bits per heavy atom. The number of hydrogen-bond donors (Lipinski definition) is 0. The first-order chi connectivity index (χ1) is 7.71. The molecule has 0 amide bonds. The summed E-state index contributed by atoms with van der Waals surface area (Å²) in [6.07, 6.45) is -5.86. The van der Waals surface area contributed by atoms with E-state index in [9.17, 15) is 21.6 Å². The molecule has 0 atom stereocenters. The van der Waals surface area contributed by atoms with Crippen LogP contribution in [0.15, 0.2) is 29.2 Å². The van der Waals surface area contributed by atoms with Crippen LogP contribution >= 0.6 is 11.6 Å². The number of rotatable bonds is 4. The first kappa shape index (κ1) is 14.3. The molecule has 0 fully saturated rings. The lowest BCUT2D eigenvalue weighted by atomic mass is 10.3. The molecule has 0 aromatic heterocycles. The van der Waals surface area contributed by atoms with Gasteiger partial charge in [0.05, 0.1) is 10.6 Å². The van der Waals surface area contributed by atoms with Gasteiger partial charge in [0.1, 0.15) is 0 Å². The van der Waals surface area contributed by atoms with Crippen LogP contribution in [-0.4, -0.2) is 20.3 Å². The van der Waals surface area contributed by atoms with Crippen LogP contribution in [0.25, 0.3) is 0 Å². The largest absolute Gasteiger partial charge is 0.389 e. The lowest BCUT2D eigenvalue weighted by Gasteiger charge is -2.07. The highest BCUT2D eigenvalue weighted by Gasteiger charge is 2.27. The van der Waals surface area contributed by atoms with E-state index in [1.165, 1.54) is 24.3 Å². The molecule has 0 aliphatic carbocycles. The first-order valence-electron chi connectivity index (χ1n) is 4.76. The second kappa shape index (κ2) is 5.27. The summed E-state index contributed by atoms with van der Waals surface area (Å²) in [6.45, 7) is 0. The fraction of sp³-hybridized carbons (Fsp3) is 0.400. The van der Waals surface area contributed by atoms with Crippen molar-refractivity contribution in [3.63, 3.8) is 0 Å². The van der Waals surface area contributed by atoms with Crippen molar-refractivity contribution in [3.8, 4) is 0 Å². The molecule has 96 valence electrons. The molecule has 1 aromatic carbocycles. The highest BCUT2D eigenvalue weighted by molar-refractivity contribution is 7.91. The molecule has 0 saturated heterocycles. The summed E-state index contributed by atoms with van der Waals surface area (Å²) >= 11 is 5.58. The summed E-state index contributed by atoms with van der Waals surface area (Å²) in [7, 11) is -3.66. The molecule has 1 rings (SSSR count). The zero-order chi connectivity index (χ0) is 13.1. The molecule has 0 unspecified atom stereocenters. The van der Waals surface area contributed by atoms with E-state index in [2.05, 4.69) is 0 Å². The minimum absolute atomic E-state index is 0.0101. The summed E-state index contributed by atoms with van der Waals surface area (Å²) < 4.78 is 58.9. The van der Waals surface area contributed by atoms with Crippen molar-refractivity contribution in [3.05, 3.63) is 29.3 Å². The standard InChI is InChI=1S/C10H10ClF3O2S/c11-8-2-4-9(5-3-8)17(15,16)7-1-6-10(12,13)14/h2-5H,1,6-7H2. The van der Waals surface area contributed by atoms with Crippen molar-refractivity contribution in [1.29, 1.82) is 0 Å². The van der Waals surface area contributed by atoms with E-state index in [1.807, 2.05) is 0 Å². The number of alkyl halides is 3. The van der Waals surface area contributed by atoms with E-state index >= 15 is 0 Å². The fourth-order valence-corrected chi connectivity index (χ4v) is 2.66. The molecular formula is C10H10ClF3O2S. The molecule has 0 spiro atoms. The van der Waals surface area contributed by atoms with E-state index in [-0.39, 0.29) is 4.90 Å². The van der Waals surface area contributed by atoms with Gasteiger partial charge < -0.3 is 0 Å². The van der Waals surface area contributed by atoms with E-state index in [1.54, 1.807) is 0 Å². The molecule has 1 aromatic rings. The van der Waals surface area contributed by atoms with Gasteiger partial charge in [-0.2, -0.15) is 13.2 Å². The third kappa shape index (κ3) is 4.95. The maximum atomic E-state index is 11.9. The Morgan fingerprint density at radius 1 is 1.12 bits per heavy atom. The monoisotopic (exact) mass is 286 g/mol. The molecule has 0 N–H and O–H groups in total. The number of halogens is 4. The average Bonchev–Trinajstić information content (AvgIpc) is 2.15. The van der Waals surface area contributed by atoms with Crippen LogP contribution in [0.2, 0.25) is 5.02 Å². The Bertz CT molecular complexity index is 465. The van der Waals surface area contributed by atoms with Crippen molar-refractivity contribution < 1.29 is 21.6 Å². The third-order valence-electron chi connectivity index (χ3n) is 2.05. The van der Waals surface area contributed by atoms with Gasteiger partial charge in [0.25, 0.3) is 0 Å². The maximum Gasteiger partial charge on any atom is 0.389 e. The molecule has 0 heterocycles. The molecule has 0 aliphatic heterocycles. The molecule has 0 radical (unpaired) electrons. The summed E-state index contributed by atoms with van der Waals surface area (Å²) in [4.78, 5) is -0.0101.